The van der Waals surface area contributed by atoms with Crippen molar-refractivity contribution >= 4 is 16.8 Å². The quantitative estimate of drug-likeness (QED) is 0.726. The molecule has 0 unspecified atom stereocenters. The first-order chi connectivity index (χ1) is 14.0. The van der Waals surface area contributed by atoms with Gasteiger partial charge in [-0.2, -0.15) is 0 Å². The van der Waals surface area contributed by atoms with E-state index in [-0.39, 0.29) is 17.5 Å². The van der Waals surface area contributed by atoms with E-state index in [0.717, 1.165) is 38.9 Å². The fraction of sp³-hybridized carbons (Fsp3) is 0.391. The SMILES string of the molecule is CN(C(=O)c1cn(C)c(=O)c2[nH]ccc12)C1CCN(CCc2ccccc2)CC1. The predicted octanol–water partition coefficient (Wildman–Crippen LogP) is 2.65. The number of fused-ring (bicyclic) bond motifs is 1. The minimum atomic E-state index is -0.115. The van der Waals surface area contributed by atoms with Gasteiger partial charge in [-0.15, -0.1) is 0 Å². The van der Waals surface area contributed by atoms with Gasteiger partial charge in [0.2, 0.25) is 0 Å². The molecule has 0 spiro atoms. The fourth-order valence-electron chi connectivity index (χ4n) is 4.26. The first-order valence-corrected chi connectivity index (χ1v) is 10.2. The standard InChI is InChI=1S/C23H28N4O2/c1-25-16-20(19-8-12-24-21(19)23(25)29)22(28)26(2)18-10-14-27(15-11-18)13-9-17-6-4-3-5-7-17/h3-8,12,16,18,24H,9-11,13-15H2,1-2H3. The van der Waals surface area contributed by atoms with Crippen LogP contribution in [0.5, 0.6) is 0 Å². The smallest absolute Gasteiger partial charge is 0.274 e. The molecule has 6 nitrogen and oxygen atoms in total. The Morgan fingerprint density at radius 1 is 1.17 bits per heavy atom. The van der Waals surface area contributed by atoms with Gasteiger partial charge in [0.05, 0.1) is 5.56 Å². The van der Waals surface area contributed by atoms with E-state index in [0.29, 0.717) is 16.5 Å². The lowest BCUT2D eigenvalue weighted by molar-refractivity contribution is 0.0644. The summed E-state index contributed by atoms with van der Waals surface area (Å²) in [5, 5.41) is 0.699. The maximum Gasteiger partial charge on any atom is 0.274 e. The largest absolute Gasteiger partial charge is 0.357 e. The highest BCUT2D eigenvalue weighted by atomic mass is 16.2. The lowest BCUT2D eigenvalue weighted by Gasteiger charge is -2.37. The summed E-state index contributed by atoms with van der Waals surface area (Å²) in [6, 6.07) is 12.6. The van der Waals surface area contributed by atoms with Crippen molar-refractivity contribution in [2.75, 3.05) is 26.7 Å². The molecule has 3 aromatic rings. The van der Waals surface area contributed by atoms with Crippen LogP contribution in [0.25, 0.3) is 10.9 Å². The van der Waals surface area contributed by atoms with Gasteiger partial charge in [-0.1, -0.05) is 30.3 Å². The maximum atomic E-state index is 13.2. The molecule has 0 atom stereocenters. The Hall–Kier alpha value is -2.86. The average molecular weight is 393 g/mol. The first-order valence-electron chi connectivity index (χ1n) is 10.2. The number of amides is 1. The van der Waals surface area contributed by atoms with Crippen LogP contribution in [0.2, 0.25) is 0 Å². The predicted molar refractivity (Wildman–Crippen MR) is 115 cm³/mol. The highest BCUT2D eigenvalue weighted by Gasteiger charge is 2.27. The molecule has 1 N–H and O–H groups in total. The van der Waals surface area contributed by atoms with E-state index in [1.165, 1.54) is 10.1 Å². The number of hydrogen-bond acceptors (Lipinski definition) is 3. The number of pyridine rings is 1. The summed E-state index contributed by atoms with van der Waals surface area (Å²) in [5.74, 6) is -0.0204. The molecule has 1 aliphatic heterocycles. The molecule has 1 saturated heterocycles. The number of benzene rings is 1. The molecule has 0 saturated carbocycles. The summed E-state index contributed by atoms with van der Waals surface area (Å²) in [4.78, 5) is 32.7. The van der Waals surface area contributed by atoms with Crippen molar-refractivity contribution in [1.82, 2.24) is 19.4 Å². The summed E-state index contributed by atoms with van der Waals surface area (Å²) in [5.41, 5.74) is 2.32. The molecular weight excluding hydrogens is 364 g/mol. The van der Waals surface area contributed by atoms with Crippen LogP contribution in [0.3, 0.4) is 0 Å². The third-order valence-electron chi connectivity index (χ3n) is 6.11. The minimum absolute atomic E-state index is 0.0204. The number of aromatic amines is 1. The molecule has 1 aromatic carbocycles. The van der Waals surface area contributed by atoms with Crippen LogP contribution < -0.4 is 5.56 Å². The van der Waals surface area contributed by atoms with Crippen molar-refractivity contribution < 1.29 is 4.79 Å². The summed E-state index contributed by atoms with van der Waals surface area (Å²) < 4.78 is 1.48. The number of likely N-dealkylation sites (tertiary alicyclic amines) is 1. The lowest BCUT2D eigenvalue weighted by Crippen LogP contribution is -2.46. The molecule has 1 fully saturated rings. The number of nitrogens with one attached hydrogen (secondary N) is 1. The van der Waals surface area contributed by atoms with Crippen LogP contribution in [-0.2, 0) is 13.5 Å². The number of aromatic nitrogens is 2. The van der Waals surface area contributed by atoms with Gasteiger partial charge in [-0.05, 0) is 30.9 Å². The van der Waals surface area contributed by atoms with Crippen molar-refractivity contribution in [3.8, 4) is 0 Å². The fourth-order valence-corrected chi connectivity index (χ4v) is 4.26. The van der Waals surface area contributed by atoms with Gasteiger partial charge in [0.15, 0.2) is 0 Å². The average Bonchev–Trinajstić information content (AvgIpc) is 3.25. The number of nitrogens with zero attached hydrogens (tertiary/aromatic N) is 3. The second kappa shape index (κ2) is 8.25. The van der Waals surface area contributed by atoms with Gasteiger partial charge < -0.3 is 19.4 Å². The second-order valence-electron chi connectivity index (χ2n) is 7.95. The lowest BCUT2D eigenvalue weighted by atomic mass is 10.0. The number of piperidine rings is 1. The van der Waals surface area contributed by atoms with E-state index in [1.54, 1.807) is 19.4 Å². The number of hydrogen-bond donors (Lipinski definition) is 1. The molecule has 152 valence electrons. The third-order valence-corrected chi connectivity index (χ3v) is 6.11. The molecule has 29 heavy (non-hydrogen) atoms. The number of aryl methyl sites for hydroxylation is 1. The van der Waals surface area contributed by atoms with Crippen molar-refractivity contribution in [2.24, 2.45) is 7.05 Å². The molecule has 6 heteroatoms. The Morgan fingerprint density at radius 2 is 1.90 bits per heavy atom. The van der Waals surface area contributed by atoms with Crippen molar-refractivity contribution in [3.63, 3.8) is 0 Å². The van der Waals surface area contributed by atoms with Crippen molar-refractivity contribution in [1.29, 1.82) is 0 Å². The zero-order valence-electron chi connectivity index (χ0n) is 17.1. The van der Waals surface area contributed by atoms with Crippen molar-refractivity contribution in [2.45, 2.75) is 25.3 Å². The number of H-pyrrole nitrogens is 1. The Morgan fingerprint density at radius 3 is 2.62 bits per heavy atom. The second-order valence-corrected chi connectivity index (χ2v) is 7.95. The van der Waals surface area contributed by atoms with Crippen LogP contribution in [0.1, 0.15) is 28.8 Å². The van der Waals surface area contributed by atoms with Crippen LogP contribution in [0.15, 0.2) is 53.6 Å². The van der Waals surface area contributed by atoms with E-state index in [1.807, 2.05) is 24.1 Å². The Kier molecular flexibility index (Phi) is 5.53. The summed E-state index contributed by atoms with van der Waals surface area (Å²) in [6.07, 6.45) is 6.38. The highest BCUT2D eigenvalue weighted by Crippen LogP contribution is 2.21. The summed E-state index contributed by atoms with van der Waals surface area (Å²) in [6.45, 7) is 3.06. The molecular formula is C23H28N4O2. The monoisotopic (exact) mass is 392 g/mol. The summed E-state index contributed by atoms with van der Waals surface area (Å²) in [7, 11) is 3.57. The Balaban J connectivity index is 1.39. The Labute approximate surface area is 170 Å². The molecule has 4 rings (SSSR count). The van der Waals surface area contributed by atoms with Crippen LogP contribution in [0.4, 0.5) is 0 Å². The van der Waals surface area contributed by atoms with E-state index in [4.69, 9.17) is 0 Å². The number of rotatable bonds is 5. The topological polar surface area (TPSA) is 61.3 Å². The molecule has 0 aliphatic carbocycles. The molecule has 1 amide bonds. The van der Waals surface area contributed by atoms with E-state index < -0.39 is 0 Å². The van der Waals surface area contributed by atoms with Crippen LogP contribution in [-0.4, -0.2) is 58.0 Å². The molecule has 0 radical (unpaired) electrons. The molecule has 2 aromatic heterocycles. The zero-order valence-corrected chi connectivity index (χ0v) is 17.1. The van der Waals surface area contributed by atoms with E-state index in [9.17, 15) is 9.59 Å². The Bertz CT molecular complexity index is 1050. The van der Waals surface area contributed by atoms with Gasteiger partial charge in [-0.3, -0.25) is 9.59 Å². The van der Waals surface area contributed by atoms with Gasteiger partial charge in [0.25, 0.3) is 11.5 Å². The van der Waals surface area contributed by atoms with Gasteiger partial charge >= 0.3 is 0 Å². The van der Waals surface area contributed by atoms with Crippen LogP contribution >= 0.6 is 0 Å². The number of carbonyl (C=O) groups excluding carboxylic acids is 1. The normalized spacial score (nSPS) is 15.7. The van der Waals surface area contributed by atoms with E-state index in [2.05, 4.69) is 34.1 Å². The van der Waals surface area contributed by atoms with Crippen molar-refractivity contribution in [3.05, 3.63) is 70.3 Å². The molecule has 1 aliphatic rings. The molecule has 3 heterocycles. The maximum absolute atomic E-state index is 13.2. The third kappa shape index (κ3) is 3.98. The van der Waals surface area contributed by atoms with Crippen LogP contribution in [0, 0.1) is 0 Å². The van der Waals surface area contributed by atoms with Gasteiger partial charge in [-0.25, -0.2) is 0 Å². The summed E-state index contributed by atoms with van der Waals surface area (Å²) >= 11 is 0. The number of carbonyl (C=O) groups is 1. The highest BCUT2D eigenvalue weighted by molar-refractivity contribution is 6.05. The van der Waals surface area contributed by atoms with E-state index >= 15 is 0 Å². The molecule has 0 bridgehead atoms. The zero-order chi connectivity index (χ0) is 20.4. The minimum Gasteiger partial charge on any atom is -0.357 e. The van der Waals surface area contributed by atoms with Gasteiger partial charge in [0.1, 0.15) is 5.52 Å². The first kappa shape index (κ1) is 19.5. The van der Waals surface area contributed by atoms with Gasteiger partial charge in [0, 0.05) is 57.6 Å².